The monoisotopic (exact) mass is 340 g/mol. The van der Waals surface area contributed by atoms with Crippen LogP contribution in [-0.4, -0.2) is 31.0 Å². The lowest BCUT2D eigenvalue weighted by molar-refractivity contribution is -0.133. The van der Waals surface area contributed by atoms with Gasteiger partial charge in [0.15, 0.2) is 0 Å². The summed E-state index contributed by atoms with van der Waals surface area (Å²) in [5.41, 5.74) is 0.691. The van der Waals surface area contributed by atoms with Crippen molar-refractivity contribution in [3.05, 3.63) is 22.7 Å². The molecule has 1 aromatic rings. The van der Waals surface area contributed by atoms with Crippen molar-refractivity contribution in [2.45, 2.75) is 32.4 Å². The Morgan fingerprint density at radius 1 is 1.40 bits per heavy atom. The fraction of sp³-hybridized carbons (Fsp3) is 0.429. The van der Waals surface area contributed by atoms with Gasteiger partial charge in [-0.05, 0) is 47.5 Å². The van der Waals surface area contributed by atoms with Crippen LogP contribution in [0.4, 0.5) is 5.69 Å². The van der Waals surface area contributed by atoms with Crippen LogP contribution in [0.3, 0.4) is 0 Å². The highest BCUT2D eigenvalue weighted by Crippen LogP contribution is 2.32. The highest BCUT2D eigenvalue weighted by atomic mass is 79.9. The molecule has 2 rings (SSSR count). The number of carbonyl (C=O) groups excluding carboxylic acids is 2. The maximum atomic E-state index is 12.4. The molecule has 2 amide bonds. The van der Waals surface area contributed by atoms with E-state index in [1.54, 1.807) is 37.1 Å². The largest absolute Gasteiger partial charge is 0.496 e. The zero-order valence-corrected chi connectivity index (χ0v) is 13.2. The minimum Gasteiger partial charge on any atom is -0.496 e. The van der Waals surface area contributed by atoms with E-state index in [0.29, 0.717) is 17.9 Å². The Morgan fingerprint density at radius 3 is 2.65 bits per heavy atom. The van der Waals surface area contributed by atoms with Crippen LogP contribution in [0.1, 0.15) is 20.3 Å². The molecule has 1 fully saturated rings. The molecule has 108 valence electrons. The van der Waals surface area contributed by atoms with E-state index in [4.69, 9.17) is 4.74 Å². The van der Waals surface area contributed by atoms with Crippen molar-refractivity contribution in [2.24, 2.45) is 0 Å². The SMILES string of the molecule is CCC1C(=O)NC(C)C(=O)N1c1ccc(OC)c(Br)c1. The van der Waals surface area contributed by atoms with E-state index < -0.39 is 12.1 Å². The molecule has 20 heavy (non-hydrogen) atoms. The third kappa shape index (κ3) is 2.52. The zero-order valence-electron chi connectivity index (χ0n) is 11.6. The summed E-state index contributed by atoms with van der Waals surface area (Å²) in [6.07, 6.45) is 0.563. The number of hydrogen-bond acceptors (Lipinski definition) is 3. The van der Waals surface area contributed by atoms with Gasteiger partial charge < -0.3 is 10.1 Å². The number of piperazine rings is 1. The molecule has 0 aromatic heterocycles. The number of amides is 2. The summed E-state index contributed by atoms with van der Waals surface area (Å²) < 4.78 is 5.93. The number of benzene rings is 1. The van der Waals surface area contributed by atoms with Crippen molar-refractivity contribution in [1.82, 2.24) is 5.32 Å². The molecule has 1 aromatic carbocycles. The van der Waals surface area contributed by atoms with Gasteiger partial charge in [-0.1, -0.05) is 6.92 Å². The van der Waals surface area contributed by atoms with Crippen LogP contribution in [0.15, 0.2) is 22.7 Å². The molecule has 1 aliphatic heterocycles. The van der Waals surface area contributed by atoms with Gasteiger partial charge in [0.1, 0.15) is 17.8 Å². The lowest BCUT2D eigenvalue weighted by atomic mass is 10.0. The number of anilines is 1. The summed E-state index contributed by atoms with van der Waals surface area (Å²) >= 11 is 3.40. The molecule has 0 aliphatic carbocycles. The predicted octanol–water partition coefficient (Wildman–Crippen LogP) is 2.09. The van der Waals surface area contributed by atoms with Crippen LogP contribution in [0.5, 0.6) is 5.75 Å². The zero-order chi connectivity index (χ0) is 14.9. The maximum absolute atomic E-state index is 12.4. The number of halogens is 1. The highest BCUT2D eigenvalue weighted by Gasteiger charge is 2.38. The number of hydrogen-bond donors (Lipinski definition) is 1. The molecule has 6 heteroatoms. The van der Waals surface area contributed by atoms with Crippen molar-refractivity contribution < 1.29 is 14.3 Å². The second-order valence-corrected chi connectivity index (χ2v) is 5.54. The summed E-state index contributed by atoms with van der Waals surface area (Å²) in [6, 6.07) is 4.38. The topological polar surface area (TPSA) is 58.6 Å². The molecule has 0 saturated carbocycles. The first-order chi connectivity index (χ1) is 9.49. The average molecular weight is 341 g/mol. The molecule has 1 aliphatic rings. The summed E-state index contributed by atoms with van der Waals surface area (Å²) in [5, 5.41) is 2.70. The highest BCUT2D eigenvalue weighted by molar-refractivity contribution is 9.10. The van der Waals surface area contributed by atoms with Crippen LogP contribution in [0.2, 0.25) is 0 Å². The standard InChI is InChI=1S/C14H17BrN2O3/c1-4-11-13(18)16-8(2)14(19)17(11)9-5-6-12(20-3)10(15)7-9/h5-8,11H,4H2,1-3H3,(H,16,18). The van der Waals surface area contributed by atoms with Crippen LogP contribution in [0.25, 0.3) is 0 Å². The normalized spacial score (nSPS) is 22.7. The lowest BCUT2D eigenvalue weighted by Crippen LogP contribution is -2.62. The van der Waals surface area contributed by atoms with Gasteiger partial charge in [0.25, 0.3) is 0 Å². The number of carbonyl (C=O) groups is 2. The molecule has 1 saturated heterocycles. The number of rotatable bonds is 3. The van der Waals surface area contributed by atoms with Crippen molar-refractivity contribution >= 4 is 33.4 Å². The van der Waals surface area contributed by atoms with Crippen LogP contribution < -0.4 is 15.0 Å². The summed E-state index contributed by atoms with van der Waals surface area (Å²) in [5.74, 6) is 0.462. The average Bonchev–Trinajstić information content (AvgIpc) is 2.42. The molecule has 2 unspecified atom stereocenters. The van der Waals surface area contributed by atoms with Gasteiger partial charge in [-0.3, -0.25) is 14.5 Å². The number of methoxy groups -OCH3 is 1. The van der Waals surface area contributed by atoms with E-state index in [2.05, 4.69) is 21.2 Å². The lowest BCUT2D eigenvalue weighted by Gasteiger charge is -2.37. The Balaban J connectivity index is 2.43. The first kappa shape index (κ1) is 14.8. The molecule has 2 atom stereocenters. The molecule has 0 spiro atoms. The minimum absolute atomic E-state index is 0.103. The van der Waals surface area contributed by atoms with Gasteiger partial charge in [0.2, 0.25) is 11.8 Å². The van der Waals surface area contributed by atoms with Crippen molar-refractivity contribution in [3.63, 3.8) is 0 Å². The smallest absolute Gasteiger partial charge is 0.250 e. The van der Waals surface area contributed by atoms with Crippen LogP contribution >= 0.6 is 15.9 Å². The first-order valence-electron chi connectivity index (χ1n) is 6.46. The second-order valence-electron chi connectivity index (χ2n) is 4.68. The van der Waals surface area contributed by atoms with Gasteiger partial charge >= 0.3 is 0 Å². The third-order valence-electron chi connectivity index (χ3n) is 3.38. The molecular weight excluding hydrogens is 324 g/mol. The summed E-state index contributed by atoms with van der Waals surface area (Å²) in [4.78, 5) is 26.0. The number of ether oxygens (including phenoxy) is 1. The number of nitrogens with one attached hydrogen (secondary N) is 1. The predicted molar refractivity (Wildman–Crippen MR) is 79.9 cm³/mol. The first-order valence-corrected chi connectivity index (χ1v) is 7.25. The summed E-state index contributed by atoms with van der Waals surface area (Å²) in [7, 11) is 1.58. The minimum atomic E-state index is -0.508. The van der Waals surface area contributed by atoms with E-state index in [1.807, 2.05) is 6.92 Å². The van der Waals surface area contributed by atoms with Gasteiger partial charge in [-0.2, -0.15) is 0 Å². The third-order valence-corrected chi connectivity index (χ3v) is 4.00. The summed E-state index contributed by atoms with van der Waals surface area (Å²) in [6.45, 7) is 3.58. The second kappa shape index (κ2) is 5.83. The Labute approximate surface area is 126 Å². The van der Waals surface area contributed by atoms with Gasteiger partial charge in [0.05, 0.1) is 11.6 Å². The molecule has 0 bridgehead atoms. The fourth-order valence-corrected chi connectivity index (χ4v) is 2.86. The molecular formula is C14H17BrN2O3. The van der Waals surface area contributed by atoms with Gasteiger partial charge in [0, 0.05) is 5.69 Å². The Morgan fingerprint density at radius 2 is 2.10 bits per heavy atom. The Kier molecular flexibility index (Phi) is 4.32. The van der Waals surface area contributed by atoms with Crippen molar-refractivity contribution in [2.75, 3.05) is 12.0 Å². The fourth-order valence-electron chi connectivity index (χ4n) is 2.33. The molecule has 0 radical (unpaired) electrons. The van der Waals surface area contributed by atoms with E-state index in [9.17, 15) is 9.59 Å². The Hall–Kier alpha value is -1.56. The van der Waals surface area contributed by atoms with E-state index in [0.717, 1.165) is 4.47 Å². The van der Waals surface area contributed by atoms with Crippen molar-refractivity contribution in [1.29, 1.82) is 0 Å². The van der Waals surface area contributed by atoms with Gasteiger partial charge in [-0.15, -0.1) is 0 Å². The Bertz CT molecular complexity index is 547. The van der Waals surface area contributed by atoms with E-state index in [1.165, 1.54) is 0 Å². The molecule has 1 N–H and O–H groups in total. The maximum Gasteiger partial charge on any atom is 0.250 e. The number of nitrogens with zero attached hydrogens (tertiary/aromatic N) is 1. The van der Waals surface area contributed by atoms with E-state index in [-0.39, 0.29) is 11.8 Å². The van der Waals surface area contributed by atoms with Crippen LogP contribution in [-0.2, 0) is 9.59 Å². The van der Waals surface area contributed by atoms with E-state index >= 15 is 0 Å². The van der Waals surface area contributed by atoms with Crippen molar-refractivity contribution in [3.8, 4) is 5.75 Å². The van der Waals surface area contributed by atoms with Crippen LogP contribution in [0, 0.1) is 0 Å². The molecule has 5 nitrogen and oxygen atoms in total. The van der Waals surface area contributed by atoms with Gasteiger partial charge in [-0.25, -0.2) is 0 Å². The molecule has 1 heterocycles. The quantitative estimate of drug-likeness (QED) is 0.916.